The second-order valence-electron chi connectivity index (χ2n) is 12.0. The van der Waals surface area contributed by atoms with Crippen molar-refractivity contribution in [2.45, 2.75) is 80.4 Å². The van der Waals surface area contributed by atoms with Crippen molar-refractivity contribution >= 4 is 47.0 Å². The molecule has 2 N–H and O–H groups in total. The van der Waals surface area contributed by atoms with Crippen molar-refractivity contribution in [1.29, 1.82) is 0 Å². The van der Waals surface area contributed by atoms with Gasteiger partial charge in [0.2, 0.25) is 5.88 Å². The van der Waals surface area contributed by atoms with E-state index in [0.29, 0.717) is 27.9 Å². The number of hydrogen-bond acceptors (Lipinski definition) is 9. The van der Waals surface area contributed by atoms with Crippen LogP contribution >= 0.6 is 0 Å². The van der Waals surface area contributed by atoms with Crippen LogP contribution in [0.4, 0.5) is 9.59 Å². The van der Waals surface area contributed by atoms with E-state index in [1.807, 2.05) is 27.7 Å². The van der Waals surface area contributed by atoms with Crippen LogP contribution < -0.4 is 29.2 Å². The number of aromatic nitrogens is 4. The van der Waals surface area contributed by atoms with Crippen LogP contribution in [0.5, 0.6) is 5.88 Å². The van der Waals surface area contributed by atoms with Gasteiger partial charge in [-0.1, -0.05) is 0 Å². The molecule has 11 nitrogen and oxygen atoms in total. The van der Waals surface area contributed by atoms with E-state index in [9.17, 15) is 19.6 Å². The number of pyridine rings is 2. The van der Waals surface area contributed by atoms with Gasteiger partial charge in [-0.15, -0.1) is 0 Å². The first-order chi connectivity index (χ1) is 19.3. The molecule has 0 saturated heterocycles. The molecule has 0 aliphatic heterocycles. The van der Waals surface area contributed by atoms with Crippen LogP contribution in [-0.4, -0.2) is 66.8 Å². The molecule has 13 heteroatoms. The number of ether oxygens (including phenoxy) is 3. The molecule has 4 heterocycles. The fourth-order valence-corrected chi connectivity index (χ4v) is 3.49. The molecule has 0 spiro atoms. The first-order valence-corrected chi connectivity index (χ1v) is 13.4. The third kappa shape index (κ3) is 11.4. The van der Waals surface area contributed by atoms with Crippen molar-refractivity contribution in [2.24, 2.45) is 0 Å². The Bertz CT molecular complexity index is 1520. The maximum absolute atomic E-state index is 12.2. The minimum absolute atomic E-state index is 0. The quantitative estimate of drug-likeness (QED) is 0.267. The fraction of sp³-hybridized carbons (Fsp3) is 0.433. The molecule has 0 aliphatic carbocycles. The SMILES string of the molecule is COc1ccc2c(ccn2C(=O)OC(C)(C)C)n1.C[C-](C)C.Cc1ccc2c(cc(B(O)O)n2C(=O)OC(C)(C)C)n1.[Li+]. The number of aryl methyl sites for hydroxylation is 1. The van der Waals surface area contributed by atoms with Gasteiger partial charge in [-0.05, 0) is 78.8 Å². The van der Waals surface area contributed by atoms with Crippen LogP contribution in [0.1, 0.15) is 68.0 Å². The summed E-state index contributed by atoms with van der Waals surface area (Å²) in [5.41, 5.74) is 2.00. The standard InChI is InChI=1S/C13H17BN2O4.C13H16N2O3.C4H9.Li/c1-8-5-6-10-9(15-8)7-11(14(18)19)16(10)12(17)20-13(2,3)4;1-13(2,3)18-12(16)15-8-7-9-10(15)5-6-11(14-9)17-4;1-4(2)3;/h5-7,18-19H,1-4H3;5-8H,1-4H3;1-3H3;/q;;-1;+1. The van der Waals surface area contributed by atoms with Crippen LogP contribution in [0.25, 0.3) is 22.1 Å². The minimum atomic E-state index is -1.78. The third-order valence-electron chi connectivity index (χ3n) is 4.98. The number of nitrogens with zero attached hydrogens (tertiary/aromatic N) is 4. The average Bonchev–Trinajstić information content (AvgIpc) is 3.43. The molecule has 0 unspecified atom stereocenters. The zero-order valence-corrected chi connectivity index (χ0v) is 27.3. The topological polar surface area (TPSA) is 138 Å². The van der Waals surface area contributed by atoms with Crippen molar-refractivity contribution in [2.75, 3.05) is 7.11 Å². The van der Waals surface area contributed by atoms with Gasteiger partial charge in [0.1, 0.15) is 11.2 Å². The van der Waals surface area contributed by atoms with E-state index in [2.05, 4.69) is 30.7 Å². The molecule has 0 amide bonds. The molecule has 0 saturated carbocycles. The Balaban J connectivity index is 0.000000376. The van der Waals surface area contributed by atoms with Gasteiger partial charge in [-0.2, -0.15) is 20.8 Å². The Kier molecular flexibility index (Phi) is 13.5. The Morgan fingerprint density at radius 3 is 1.88 bits per heavy atom. The molecular formula is C30H42BLiN4O7. The van der Waals surface area contributed by atoms with Gasteiger partial charge in [0.15, 0.2) is 0 Å². The molecule has 228 valence electrons. The molecule has 4 aromatic rings. The summed E-state index contributed by atoms with van der Waals surface area (Å²) >= 11 is 0. The van der Waals surface area contributed by atoms with Crippen LogP contribution in [0, 0.1) is 12.8 Å². The van der Waals surface area contributed by atoms with E-state index in [0.717, 1.165) is 10.3 Å². The molecule has 0 aliphatic rings. The smallest absolute Gasteiger partial charge is 0.481 e. The minimum Gasteiger partial charge on any atom is -0.481 e. The second kappa shape index (κ2) is 15.4. The molecule has 0 atom stereocenters. The maximum atomic E-state index is 12.2. The van der Waals surface area contributed by atoms with Crippen molar-refractivity contribution in [3.05, 3.63) is 54.2 Å². The van der Waals surface area contributed by atoms with E-state index in [-0.39, 0.29) is 24.5 Å². The van der Waals surface area contributed by atoms with Gasteiger partial charge in [0.25, 0.3) is 0 Å². The van der Waals surface area contributed by atoms with Crippen molar-refractivity contribution in [3.8, 4) is 5.88 Å². The summed E-state index contributed by atoms with van der Waals surface area (Å²) < 4.78 is 18.2. The van der Waals surface area contributed by atoms with Gasteiger partial charge in [-0.3, -0.25) is 14.1 Å². The van der Waals surface area contributed by atoms with Crippen molar-refractivity contribution in [1.82, 2.24) is 19.1 Å². The zero-order chi connectivity index (χ0) is 32.0. The number of carbonyl (C=O) groups is 2. The predicted octanol–water partition coefficient (Wildman–Crippen LogP) is 2.26. The number of methoxy groups -OCH3 is 1. The predicted molar refractivity (Wildman–Crippen MR) is 164 cm³/mol. The third-order valence-corrected chi connectivity index (χ3v) is 4.98. The first-order valence-electron chi connectivity index (χ1n) is 13.4. The van der Waals surface area contributed by atoms with Crippen LogP contribution in [0.15, 0.2) is 42.6 Å². The number of carbonyl (C=O) groups excluding carboxylic acids is 2. The first kappa shape index (κ1) is 37.7. The Morgan fingerprint density at radius 1 is 0.837 bits per heavy atom. The largest absolute Gasteiger partial charge is 1.00 e. The Labute approximate surface area is 265 Å². The summed E-state index contributed by atoms with van der Waals surface area (Å²) in [5.74, 6) is 1.93. The molecule has 4 rings (SSSR count). The molecule has 0 radical (unpaired) electrons. The summed E-state index contributed by atoms with van der Waals surface area (Å²) in [4.78, 5) is 32.7. The van der Waals surface area contributed by atoms with Gasteiger partial charge >= 0.3 is 38.2 Å². The molecule has 0 bridgehead atoms. The summed E-state index contributed by atoms with van der Waals surface area (Å²) in [5, 5.41) is 18.8. The zero-order valence-electron chi connectivity index (χ0n) is 27.3. The summed E-state index contributed by atoms with van der Waals surface area (Å²) in [6.07, 6.45) is 0.566. The summed E-state index contributed by atoms with van der Waals surface area (Å²) in [6, 6.07) is 10.2. The molecule has 4 aromatic heterocycles. The van der Waals surface area contributed by atoms with Crippen molar-refractivity contribution < 1.29 is 52.7 Å². The second-order valence-corrected chi connectivity index (χ2v) is 12.0. The van der Waals surface area contributed by atoms with E-state index in [4.69, 9.17) is 14.2 Å². The molecule has 0 fully saturated rings. The van der Waals surface area contributed by atoms with Gasteiger partial charge < -0.3 is 30.2 Å². The average molecular weight is 588 g/mol. The van der Waals surface area contributed by atoms with E-state index >= 15 is 0 Å². The summed E-state index contributed by atoms with van der Waals surface area (Å²) in [7, 11) is -0.226. The number of fused-ring (bicyclic) bond motifs is 2. The molecule has 43 heavy (non-hydrogen) atoms. The normalized spacial score (nSPS) is 11.1. The fourth-order valence-electron chi connectivity index (χ4n) is 3.49. The van der Waals surface area contributed by atoms with E-state index in [1.165, 1.54) is 16.6 Å². The van der Waals surface area contributed by atoms with Crippen LogP contribution in [0.2, 0.25) is 0 Å². The Morgan fingerprint density at radius 2 is 1.37 bits per heavy atom. The van der Waals surface area contributed by atoms with Gasteiger partial charge in [0.05, 0.1) is 34.8 Å². The maximum Gasteiger partial charge on any atom is 1.00 e. The van der Waals surface area contributed by atoms with Gasteiger partial charge in [0, 0.05) is 18.0 Å². The van der Waals surface area contributed by atoms with Crippen molar-refractivity contribution in [3.63, 3.8) is 0 Å². The summed E-state index contributed by atoms with van der Waals surface area (Å²) in [6.45, 7) is 18.8. The van der Waals surface area contributed by atoms with Crippen LogP contribution in [0.3, 0.4) is 0 Å². The molecule has 0 aromatic carbocycles. The number of hydrogen-bond donors (Lipinski definition) is 2. The van der Waals surface area contributed by atoms with Gasteiger partial charge in [-0.25, -0.2) is 14.6 Å². The van der Waals surface area contributed by atoms with E-state index < -0.39 is 30.5 Å². The van der Waals surface area contributed by atoms with E-state index in [1.54, 1.807) is 64.4 Å². The number of rotatable bonds is 2. The monoisotopic (exact) mass is 588 g/mol. The molecular weight excluding hydrogens is 546 g/mol. The Hall–Kier alpha value is -3.30. The van der Waals surface area contributed by atoms with Crippen LogP contribution in [-0.2, 0) is 9.47 Å².